The van der Waals surface area contributed by atoms with Crippen molar-refractivity contribution in [3.8, 4) is 16.9 Å². The first-order chi connectivity index (χ1) is 14.8. The number of nitrogen functional groups attached to an aromatic ring is 1. The summed E-state index contributed by atoms with van der Waals surface area (Å²) in [5.74, 6) is 0.955. The van der Waals surface area contributed by atoms with Crippen molar-refractivity contribution in [2.45, 2.75) is 31.6 Å². The zero-order valence-electron chi connectivity index (χ0n) is 17.1. The van der Waals surface area contributed by atoms with Crippen molar-refractivity contribution < 1.29 is 17.9 Å². The van der Waals surface area contributed by atoms with Gasteiger partial charge in [0.05, 0.1) is 24.4 Å². The van der Waals surface area contributed by atoms with Crippen molar-refractivity contribution >= 4 is 5.95 Å². The van der Waals surface area contributed by atoms with Crippen LogP contribution in [0.1, 0.15) is 35.7 Å². The SMILES string of the molecule is COc1ccc(CN2CCC[C@H]2c2nc(N)ncc2-c2ccc(C(F)(F)F)cc2)cc1. The van der Waals surface area contributed by atoms with Crippen LogP contribution in [0.2, 0.25) is 0 Å². The van der Waals surface area contributed by atoms with E-state index in [0.717, 1.165) is 55.1 Å². The molecule has 162 valence electrons. The molecular formula is C23H23F3N4O. The number of nitrogens with two attached hydrogens (primary N) is 1. The molecule has 1 aliphatic rings. The summed E-state index contributed by atoms with van der Waals surface area (Å²) < 4.78 is 44.1. The molecule has 31 heavy (non-hydrogen) atoms. The van der Waals surface area contributed by atoms with Crippen molar-refractivity contribution in [2.24, 2.45) is 0 Å². The van der Waals surface area contributed by atoms with E-state index in [1.54, 1.807) is 13.3 Å². The molecule has 4 rings (SSSR count). The molecule has 0 unspecified atom stereocenters. The zero-order valence-corrected chi connectivity index (χ0v) is 17.1. The summed E-state index contributed by atoms with van der Waals surface area (Å²) in [5, 5.41) is 0. The van der Waals surface area contributed by atoms with Crippen LogP contribution in [0.3, 0.4) is 0 Å². The van der Waals surface area contributed by atoms with Gasteiger partial charge < -0.3 is 10.5 Å². The number of likely N-dealkylation sites (tertiary alicyclic amines) is 1. The molecule has 1 fully saturated rings. The number of anilines is 1. The first-order valence-electron chi connectivity index (χ1n) is 10.0. The molecule has 2 aromatic carbocycles. The van der Waals surface area contributed by atoms with Crippen LogP contribution in [-0.4, -0.2) is 28.5 Å². The fraction of sp³-hybridized carbons (Fsp3) is 0.304. The Labute approximate surface area is 178 Å². The average Bonchev–Trinajstić information content (AvgIpc) is 3.22. The molecule has 1 aliphatic heterocycles. The van der Waals surface area contributed by atoms with Crippen molar-refractivity contribution in [1.29, 1.82) is 0 Å². The van der Waals surface area contributed by atoms with Crippen LogP contribution in [0, 0.1) is 0 Å². The molecule has 0 spiro atoms. The molecule has 0 radical (unpaired) electrons. The van der Waals surface area contributed by atoms with Crippen LogP contribution in [0.4, 0.5) is 19.1 Å². The number of halogens is 3. The van der Waals surface area contributed by atoms with Gasteiger partial charge in [-0.2, -0.15) is 13.2 Å². The molecule has 1 atom stereocenters. The van der Waals surface area contributed by atoms with Crippen LogP contribution in [0.5, 0.6) is 5.75 Å². The molecule has 1 saturated heterocycles. The highest BCUT2D eigenvalue weighted by molar-refractivity contribution is 5.66. The van der Waals surface area contributed by atoms with Crippen LogP contribution in [-0.2, 0) is 12.7 Å². The maximum atomic E-state index is 13.0. The minimum Gasteiger partial charge on any atom is -0.497 e. The minimum absolute atomic E-state index is 0.00435. The monoisotopic (exact) mass is 428 g/mol. The number of rotatable bonds is 5. The van der Waals surface area contributed by atoms with Crippen LogP contribution >= 0.6 is 0 Å². The van der Waals surface area contributed by atoms with Gasteiger partial charge in [-0.15, -0.1) is 0 Å². The van der Waals surface area contributed by atoms with Crippen LogP contribution in [0.15, 0.2) is 54.7 Å². The minimum atomic E-state index is -4.38. The van der Waals surface area contributed by atoms with E-state index in [9.17, 15) is 13.2 Å². The Morgan fingerprint density at radius 2 is 1.81 bits per heavy atom. The molecule has 0 amide bonds. The smallest absolute Gasteiger partial charge is 0.416 e. The van der Waals surface area contributed by atoms with Gasteiger partial charge in [-0.25, -0.2) is 9.97 Å². The Balaban J connectivity index is 1.64. The molecule has 1 aromatic heterocycles. The molecule has 0 bridgehead atoms. The number of hydrogen-bond acceptors (Lipinski definition) is 5. The molecule has 3 aromatic rings. The second kappa shape index (κ2) is 8.55. The lowest BCUT2D eigenvalue weighted by Crippen LogP contribution is -2.24. The van der Waals surface area contributed by atoms with Gasteiger partial charge in [0, 0.05) is 18.3 Å². The fourth-order valence-electron chi connectivity index (χ4n) is 4.02. The third-order valence-corrected chi connectivity index (χ3v) is 5.58. The van der Waals surface area contributed by atoms with Gasteiger partial charge in [0.2, 0.25) is 5.95 Å². The maximum absolute atomic E-state index is 13.0. The van der Waals surface area contributed by atoms with Gasteiger partial charge in [-0.3, -0.25) is 4.90 Å². The van der Waals surface area contributed by atoms with Crippen LogP contribution < -0.4 is 10.5 Å². The highest BCUT2D eigenvalue weighted by Crippen LogP contribution is 2.38. The van der Waals surface area contributed by atoms with Gasteiger partial charge in [0.25, 0.3) is 0 Å². The van der Waals surface area contributed by atoms with E-state index < -0.39 is 11.7 Å². The van der Waals surface area contributed by atoms with E-state index in [2.05, 4.69) is 14.9 Å². The molecule has 0 saturated carbocycles. The third kappa shape index (κ3) is 4.64. The zero-order chi connectivity index (χ0) is 22.0. The summed E-state index contributed by atoms with van der Waals surface area (Å²) in [5.41, 5.74) is 8.43. The van der Waals surface area contributed by atoms with Crippen molar-refractivity contribution in [3.05, 3.63) is 71.5 Å². The highest BCUT2D eigenvalue weighted by Gasteiger charge is 2.32. The average molecular weight is 428 g/mol. The summed E-state index contributed by atoms with van der Waals surface area (Å²) in [6.45, 7) is 1.62. The van der Waals surface area contributed by atoms with Gasteiger partial charge in [-0.05, 0) is 54.8 Å². The Hall–Kier alpha value is -3.13. The van der Waals surface area contributed by atoms with Crippen LogP contribution in [0.25, 0.3) is 11.1 Å². The fourth-order valence-corrected chi connectivity index (χ4v) is 4.02. The second-order valence-electron chi connectivity index (χ2n) is 7.58. The summed E-state index contributed by atoms with van der Waals surface area (Å²) >= 11 is 0. The van der Waals surface area contributed by atoms with E-state index in [1.807, 2.05) is 24.3 Å². The van der Waals surface area contributed by atoms with Gasteiger partial charge in [0.1, 0.15) is 5.75 Å². The van der Waals surface area contributed by atoms with E-state index in [-0.39, 0.29) is 12.0 Å². The quantitative estimate of drug-likeness (QED) is 0.613. The molecule has 2 heterocycles. The van der Waals surface area contributed by atoms with E-state index in [0.29, 0.717) is 11.1 Å². The highest BCUT2D eigenvalue weighted by atomic mass is 19.4. The number of nitrogens with zero attached hydrogens (tertiary/aromatic N) is 3. The summed E-state index contributed by atoms with van der Waals surface area (Å²) in [6, 6.07) is 13.0. The van der Waals surface area contributed by atoms with Crippen molar-refractivity contribution in [3.63, 3.8) is 0 Å². The molecule has 2 N–H and O–H groups in total. The first-order valence-corrected chi connectivity index (χ1v) is 10.0. The van der Waals surface area contributed by atoms with Crippen molar-refractivity contribution in [1.82, 2.24) is 14.9 Å². The number of ether oxygens (including phenoxy) is 1. The Bertz CT molecular complexity index is 1040. The van der Waals surface area contributed by atoms with Gasteiger partial charge in [-0.1, -0.05) is 24.3 Å². The molecular weight excluding hydrogens is 405 g/mol. The van der Waals surface area contributed by atoms with E-state index >= 15 is 0 Å². The molecule has 0 aliphatic carbocycles. The Morgan fingerprint density at radius 3 is 2.45 bits per heavy atom. The van der Waals surface area contributed by atoms with Gasteiger partial charge in [0.15, 0.2) is 0 Å². The summed E-state index contributed by atoms with van der Waals surface area (Å²) in [4.78, 5) is 10.9. The summed E-state index contributed by atoms with van der Waals surface area (Å²) in [7, 11) is 1.63. The lowest BCUT2D eigenvalue weighted by molar-refractivity contribution is -0.137. The topological polar surface area (TPSA) is 64.3 Å². The lowest BCUT2D eigenvalue weighted by atomic mass is 9.98. The molecule has 5 nitrogen and oxygen atoms in total. The van der Waals surface area contributed by atoms with E-state index in [1.165, 1.54) is 12.1 Å². The molecule has 8 heteroatoms. The first kappa shape index (κ1) is 21.1. The number of benzene rings is 2. The summed E-state index contributed by atoms with van der Waals surface area (Å²) in [6.07, 6.45) is -0.888. The standard InChI is InChI=1S/C23H23F3N4O/c1-31-18-10-4-15(5-11-18)14-30-12-2-3-20(30)21-19(13-28-22(27)29-21)16-6-8-17(9-7-16)23(24,25)26/h4-11,13,20H,2-3,12,14H2,1H3,(H2,27,28,29)/t20-/m0/s1. The lowest BCUT2D eigenvalue weighted by Gasteiger charge is -2.26. The normalized spacial score (nSPS) is 17.1. The third-order valence-electron chi connectivity index (χ3n) is 5.58. The Morgan fingerprint density at radius 1 is 1.10 bits per heavy atom. The van der Waals surface area contributed by atoms with Crippen molar-refractivity contribution in [2.75, 3.05) is 19.4 Å². The maximum Gasteiger partial charge on any atom is 0.416 e. The number of hydrogen-bond donors (Lipinski definition) is 1. The number of methoxy groups -OCH3 is 1. The van der Waals surface area contributed by atoms with E-state index in [4.69, 9.17) is 10.5 Å². The number of aromatic nitrogens is 2. The largest absolute Gasteiger partial charge is 0.497 e. The predicted molar refractivity (Wildman–Crippen MR) is 112 cm³/mol. The second-order valence-corrected chi connectivity index (χ2v) is 7.58. The van der Waals surface area contributed by atoms with Gasteiger partial charge >= 0.3 is 6.18 Å². The Kier molecular flexibility index (Phi) is 5.82. The predicted octanol–water partition coefficient (Wildman–Crippen LogP) is 5.09. The number of alkyl halides is 3.